The standard InChI is InChI=1S/C24H24S/c1-15-6-12-21-20-13-9-18(14-22(20)25-23(21)16(15)2)17-7-10-19(11-8-17)24(3,4)5/h6-14H,1-5H3. The van der Waals surface area contributed by atoms with Crippen LogP contribution in [0.2, 0.25) is 0 Å². The van der Waals surface area contributed by atoms with Crippen molar-refractivity contribution in [2.75, 3.05) is 0 Å². The molecule has 0 nitrogen and oxygen atoms in total. The summed E-state index contributed by atoms with van der Waals surface area (Å²) in [6.45, 7) is 11.2. The van der Waals surface area contributed by atoms with Crippen LogP contribution in [0.5, 0.6) is 0 Å². The van der Waals surface area contributed by atoms with Crippen LogP contribution < -0.4 is 0 Å². The van der Waals surface area contributed by atoms with Crippen molar-refractivity contribution < 1.29 is 0 Å². The topological polar surface area (TPSA) is 0 Å². The van der Waals surface area contributed by atoms with Crippen molar-refractivity contribution in [3.05, 3.63) is 71.3 Å². The van der Waals surface area contributed by atoms with Gasteiger partial charge in [-0.1, -0.05) is 69.3 Å². The molecule has 0 fully saturated rings. The fraction of sp³-hybridized carbons (Fsp3) is 0.250. The quantitative estimate of drug-likeness (QED) is 0.333. The number of fused-ring (bicyclic) bond motifs is 3. The molecule has 0 aliphatic carbocycles. The zero-order valence-electron chi connectivity index (χ0n) is 15.6. The minimum Gasteiger partial charge on any atom is -0.135 e. The largest absolute Gasteiger partial charge is 0.135 e. The van der Waals surface area contributed by atoms with Gasteiger partial charge in [-0.25, -0.2) is 0 Å². The summed E-state index contributed by atoms with van der Waals surface area (Å²) in [7, 11) is 0. The van der Waals surface area contributed by atoms with E-state index in [9.17, 15) is 0 Å². The molecule has 0 saturated heterocycles. The monoisotopic (exact) mass is 344 g/mol. The van der Waals surface area contributed by atoms with Gasteiger partial charge in [0.15, 0.2) is 0 Å². The molecule has 4 rings (SSSR count). The minimum absolute atomic E-state index is 0.198. The molecule has 1 heteroatoms. The molecular formula is C24H24S. The normalized spacial score (nSPS) is 12.2. The SMILES string of the molecule is Cc1ccc2c(sc3cc(-c4ccc(C(C)(C)C)cc4)ccc32)c1C. The lowest BCUT2D eigenvalue weighted by atomic mass is 9.86. The first kappa shape index (κ1) is 16.4. The van der Waals surface area contributed by atoms with E-state index in [-0.39, 0.29) is 5.41 Å². The zero-order chi connectivity index (χ0) is 17.8. The van der Waals surface area contributed by atoms with Gasteiger partial charge >= 0.3 is 0 Å². The van der Waals surface area contributed by atoms with Crippen LogP contribution in [0.4, 0.5) is 0 Å². The number of hydrogen-bond acceptors (Lipinski definition) is 1. The maximum atomic E-state index is 2.35. The summed E-state index contributed by atoms with van der Waals surface area (Å²) in [6, 6.07) is 20.4. The second kappa shape index (κ2) is 5.71. The second-order valence-electron chi connectivity index (χ2n) is 8.02. The predicted molar refractivity (Wildman–Crippen MR) is 113 cm³/mol. The third-order valence-corrected chi connectivity index (χ3v) is 6.53. The van der Waals surface area contributed by atoms with E-state index in [0.717, 1.165) is 0 Å². The average molecular weight is 345 g/mol. The number of rotatable bonds is 1. The first-order valence-corrected chi connectivity index (χ1v) is 9.69. The van der Waals surface area contributed by atoms with Gasteiger partial charge in [0.25, 0.3) is 0 Å². The Balaban J connectivity index is 1.84. The van der Waals surface area contributed by atoms with Crippen molar-refractivity contribution in [2.24, 2.45) is 0 Å². The Kier molecular flexibility index (Phi) is 3.73. The summed E-state index contributed by atoms with van der Waals surface area (Å²) < 4.78 is 2.80. The molecule has 0 spiro atoms. The van der Waals surface area contributed by atoms with Crippen molar-refractivity contribution in [2.45, 2.75) is 40.0 Å². The third kappa shape index (κ3) is 2.77. The van der Waals surface area contributed by atoms with E-state index in [2.05, 4.69) is 89.2 Å². The Bertz CT molecular complexity index is 1070. The molecule has 0 aliphatic rings. The Morgan fingerprint density at radius 2 is 1.36 bits per heavy atom. The van der Waals surface area contributed by atoms with Gasteiger partial charge in [0.2, 0.25) is 0 Å². The highest BCUT2D eigenvalue weighted by atomic mass is 32.1. The van der Waals surface area contributed by atoms with Crippen LogP contribution in [0.3, 0.4) is 0 Å². The van der Waals surface area contributed by atoms with Crippen LogP contribution in [-0.2, 0) is 5.41 Å². The van der Waals surface area contributed by atoms with Crippen LogP contribution in [-0.4, -0.2) is 0 Å². The lowest BCUT2D eigenvalue weighted by Crippen LogP contribution is -2.10. The maximum Gasteiger partial charge on any atom is 0.0387 e. The highest BCUT2D eigenvalue weighted by molar-refractivity contribution is 7.26. The summed E-state index contributed by atoms with van der Waals surface area (Å²) in [4.78, 5) is 0. The zero-order valence-corrected chi connectivity index (χ0v) is 16.4. The molecule has 0 bridgehead atoms. The molecular weight excluding hydrogens is 320 g/mol. The molecule has 0 unspecified atom stereocenters. The summed E-state index contributed by atoms with van der Waals surface area (Å²) in [6.07, 6.45) is 0. The first-order chi connectivity index (χ1) is 11.8. The fourth-order valence-electron chi connectivity index (χ4n) is 3.42. The van der Waals surface area contributed by atoms with Crippen LogP contribution in [0.1, 0.15) is 37.5 Å². The van der Waals surface area contributed by atoms with Gasteiger partial charge in [0.1, 0.15) is 0 Å². The highest BCUT2D eigenvalue weighted by Crippen LogP contribution is 2.38. The Morgan fingerprint density at radius 3 is 2.04 bits per heavy atom. The molecule has 0 aliphatic heterocycles. The Morgan fingerprint density at radius 1 is 0.720 bits per heavy atom. The van der Waals surface area contributed by atoms with Crippen LogP contribution in [0.25, 0.3) is 31.3 Å². The fourth-order valence-corrected chi connectivity index (χ4v) is 4.71. The molecule has 0 radical (unpaired) electrons. The van der Waals surface area contributed by atoms with E-state index < -0.39 is 0 Å². The summed E-state index contributed by atoms with van der Waals surface area (Å²) in [5, 5.41) is 2.76. The van der Waals surface area contributed by atoms with E-state index in [1.54, 1.807) is 0 Å². The summed E-state index contributed by atoms with van der Waals surface area (Å²) >= 11 is 1.92. The van der Waals surface area contributed by atoms with E-state index in [1.807, 2.05) is 11.3 Å². The summed E-state index contributed by atoms with van der Waals surface area (Å²) in [5.74, 6) is 0. The van der Waals surface area contributed by atoms with Crippen molar-refractivity contribution >= 4 is 31.5 Å². The van der Waals surface area contributed by atoms with E-state index >= 15 is 0 Å². The molecule has 1 heterocycles. The molecule has 4 aromatic rings. The smallest absolute Gasteiger partial charge is 0.0387 e. The van der Waals surface area contributed by atoms with Gasteiger partial charge < -0.3 is 0 Å². The predicted octanol–water partition coefficient (Wildman–Crippen LogP) is 7.64. The van der Waals surface area contributed by atoms with Crippen LogP contribution in [0, 0.1) is 13.8 Å². The Hall–Kier alpha value is -2.12. The van der Waals surface area contributed by atoms with Crippen LogP contribution in [0.15, 0.2) is 54.6 Å². The number of aryl methyl sites for hydroxylation is 2. The molecule has 25 heavy (non-hydrogen) atoms. The van der Waals surface area contributed by atoms with Gasteiger partial charge in [-0.05, 0) is 53.1 Å². The van der Waals surface area contributed by atoms with Gasteiger partial charge in [-0.15, -0.1) is 11.3 Å². The number of hydrogen-bond donors (Lipinski definition) is 0. The van der Waals surface area contributed by atoms with Crippen LogP contribution >= 0.6 is 11.3 Å². The molecule has 0 N–H and O–H groups in total. The summed E-state index contributed by atoms with van der Waals surface area (Å²) in [5.41, 5.74) is 6.95. The maximum absolute atomic E-state index is 2.35. The van der Waals surface area contributed by atoms with E-state index in [1.165, 1.54) is 48.0 Å². The van der Waals surface area contributed by atoms with Gasteiger partial charge in [0, 0.05) is 20.2 Å². The van der Waals surface area contributed by atoms with Gasteiger partial charge in [0.05, 0.1) is 0 Å². The molecule has 0 amide bonds. The molecule has 0 saturated carbocycles. The van der Waals surface area contributed by atoms with Gasteiger partial charge in [-0.2, -0.15) is 0 Å². The first-order valence-electron chi connectivity index (χ1n) is 8.88. The van der Waals surface area contributed by atoms with Crippen molar-refractivity contribution in [1.29, 1.82) is 0 Å². The molecule has 0 atom stereocenters. The van der Waals surface area contributed by atoms with Crippen molar-refractivity contribution in [3.63, 3.8) is 0 Å². The highest BCUT2D eigenvalue weighted by Gasteiger charge is 2.14. The second-order valence-corrected chi connectivity index (χ2v) is 9.08. The molecule has 1 aromatic heterocycles. The lowest BCUT2D eigenvalue weighted by Gasteiger charge is -2.19. The van der Waals surface area contributed by atoms with Gasteiger partial charge in [-0.3, -0.25) is 0 Å². The lowest BCUT2D eigenvalue weighted by molar-refractivity contribution is 0.590. The van der Waals surface area contributed by atoms with E-state index in [4.69, 9.17) is 0 Å². The number of benzene rings is 3. The molecule has 3 aromatic carbocycles. The third-order valence-electron chi connectivity index (χ3n) is 5.24. The van der Waals surface area contributed by atoms with Crippen molar-refractivity contribution in [3.8, 4) is 11.1 Å². The Labute approximate surface area is 154 Å². The van der Waals surface area contributed by atoms with Crippen molar-refractivity contribution in [1.82, 2.24) is 0 Å². The minimum atomic E-state index is 0.198. The average Bonchev–Trinajstić information content (AvgIpc) is 2.96. The van der Waals surface area contributed by atoms with E-state index in [0.29, 0.717) is 0 Å². The number of thiophene rings is 1. The molecule has 126 valence electrons.